The summed E-state index contributed by atoms with van der Waals surface area (Å²) in [5.41, 5.74) is 6.62. The summed E-state index contributed by atoms with van der Waals surface area (Å²) in [6.45, 7) is 3.86. The summed E-state index contributed by atoms with van der Waals surface area (Å²) in [6.07, 6.45) is 1.60. The van der Waals surface area contributed by atoms with Crippen LogP contribution < -0.4 is 10.6 Å². The lowest BCUT2D eigenvalue weighted by atomic mass is 10.0. The van der Waals surface area contributed by atoms with E-state index in [1.54, 1.807) is 24.4 Å². The number of carbonyl (C=O) groups is 1. The van der Waals surface area contributed by atoms with Gasteiger partial charge in [-0.1, -0.05) is 36.4 Å². The predicted molar refractivity (Wildman–Crippen MR) is 126 cm³/mol. The van der Waals surface area contributed by atoms with Gasteiger partial charge >= 0.3 is 0 Å². The van der Waals surface area contributed by atoms with Gasteiger partial charge in [-0.05, 0) is 61.0 Å². The van der Waals surface area contributed by atoms with Crippen LogP contribution in [0.5, 0.6) is 0 Å². The van der Waals surface area contributed by atoms with Crippen molar-refractivity contribution in [2.45, 2.75) is 18.7 Å². The van der Waals surface area contributed by atoms with E-state index in [4.69, 9.17) is 5.14 Å². The second-order valence-corrected chi connectivity index (χ2v) is 8.99. The van der Waals surface area contributed by atoms with Crippen LogP contribution in [0.3, 0.4) is 0 Å². The Bertz CT molecular complexity index is 1450. The molecule has 0 unspecified atom stereocenters. The van der Waals surface area contributed by atoms with E-state index in [2.05, 4.69) is 10.5 Å². The monoisotopic (exact) mass is 446 g/mol. The van der Waals surface area contributed by atoms with Gasteiger partial charge in [-0.25, -0.2) is 19.0 Å². The zero-order valence-corrected chi connectivity index (χ0v) is 18.4. The number of nitrogens with two attached hydrogens (primary N) is 1. The Morgan fingerprint density at radius 1 is 1.00 bits per heavy atom. The molecular formula is C24H22N4O3S. The summed E-state index contributed by atoms with van der Waals surface area (Å²) in [5, 5.41) is 11.2. The summed E-state index contributed by atoms with van der Waals surface area (Å²) in [4.78, 5) is 12.7. The van der Waals surface area contributed by atoms with Crippen LogP contribution in [0.2, 0.25) is 0 Å². The standard InChI is InChI=1S/C24H22N4O3S/c1-16-14-19(17(2)28(16)20-10-12-21(13-11-20)32(25,30)31)15-26-27-24(29)23-9-5-7-18-6-3-4-8-22(18)23/h3-15H,1-2H3,(H,27,29)(H2,25,30,31)/b26-15-. The van der Waals surface area contributed by atoms with Crippen molar-refractivity contribution in [3.63, 3.8) is 0 Å². The normalized spacial score (nSPS) is 11.8. The third-order valence-corrected chi connectivity index (χ3v) is 6.23. The van der Waals surface area contributed by atoms with Crippen molar-refractivity contribution in [1.29, 1.82) is 0 Å². The first kappa shape index (κ1) is 21.5. The van der Waals surface area contributed by atoms with Crippen LogP contribution in [0.4, 0.5) is 0 Å². The fourth-order valence-corrected chi connectivity index (χ4v) is 4.26. The van der Waals surface area contributed by atoms with E-state index < -0.39 is 10.0 Å². The van der Waals surface area contributed by atoms with Gasteiger partial charge in [0, 0.05) is 28.2 Å². The minimum absolute atomic E-state index is 0.0571. The van der Waals surface area contributed by atoms with E-state index in [9.17, 15) is 13.2 Å². The summed E-state index contributed by atoms with van der Waals surface area (Å²) < 4.78 is 24.9. The SMILES string of the molecule is Cc1cc(/C=N\NC(=O)c2cccc3ccccc23)c(C)n1-c1ccc(S(N)(=O)=O)cc1. The third-order valence-electron chi connectivity index (χ3n) is 5.30. The van der Waals surface area contributed by atoms with E-state index in [1.807, 2.05) is 60.9 Å². The van der Waals surface area contributed by atoms with Crippen molar-refractivity contribution in [3.8, 4) is 5.69 Å². The summed E-state index contributed by atoms with van der Waals surface area (Å²) in [5.74, 6) is -0.287. The van der Waals surface area contributed by atoms with Crippen molar-refractivity contribution in [1.82, 2.24) is 9.99 Å². The van der Waals surface area contributed by atoms with Crippen molar-refractivity contribution < 1.29 is 13.2 Å². The van der Waals surface area contributed by atoms with Gasteiger partial charge in [0.25, 0.3) is 5.91 Å². The molecule has 0 saturated carbocycles. The number of aryl methyl sites for hydroxylation is 1. The molecule has 3 N–H and O–H groups in total. The van der Waals surface area contributed by atoms with Crippen LogP contribution in [0.1, 0.15) is 27.3 Å². The summed E-state index contributed by atoms with van der Waals surface area (Å²) in [6, 6.07) is 21.5. The number of hydrogen-bond acceptors (Lipinski definition) is 4. The molecule has 162 valence electrons. The molecule has 8 heteroatoms. The number of carbonyl (C=O) groups excluding carboxylic acids is 1. The number of aromatic nitrogens is 1. The fraction of sp³-hybridized carbons (Fsp3) is 0.0833. The number of fused-ring (bicyclic) bond motifs is 1. The molecular weight excluding hydrogens is 424 g/mol. The third kappa shape index (κ3) is 4.18. The first-order valence-corrected chi connectivity index (χ1v) is 11.4. The lowest BCUT2D eigenvalue weighted by molar-refractivity contribution is 0.0957. The second kappa shape index (κ2) is 8.41. The lowest BCUT2D eigenvalue weighted by Crippen LogP contribution is -2.18. The number of nitrogens with zero attached hydrogens (tertiary/aromatic N) is 2. The average Bonchev–Trinajstić information content (AvgIpc) is 3.05. The van der Waals surface area contributed by atoms with E-state index in [-0.39, 0.29) is 10.8 Å². The molecule has 0 radical (unpaired) electrons. The molecule has 0 aliphatic rings. The largest absolute Gasteiger partial charge is 0.318 e. The summed E-state index contributed by atoms with van der Waals surface area (Å²) in [7, 11) is -3.74. The highest BCUT2D eigenvalue weighted by atomic mass is 32.2. The minimum Gasteiger partial charge on any atom is -0.318 e. The van der Waals surface area contributed by atoms with Crippen molar-refractivity contribution in [3.05, 3.63) is 95.3 Å². The maximum Gasteiger partial charge on any atom is 0.271 e. The van der Waals surface area contributed by atoms with Gasteiger partial charge in [-0.15, -0.1) is 0 Å². The Morgan fingerprint density at radius 3 is 2.41 bits per heavy atom. The number of rotatable bonds is 5. The molecule has 1 aromatic heterocycles. The molecule has 0 saturated heterocycles. The molecule has 32 heavy (non-hydrogen) atoms. The van der Waals surface area contributed by atoms with Gasteiger partial charge in [-0.2, -0.15) is 5.10 Å². The Hall–Kier alpha value is -3.75. The van der Waals surface area contributed by atoms with Gasteiger partial charge < -0.3 is 4.57 Å². The highest BCUT2D eigenvalue weighted by molar-refractivity contribution is 7.89. The van der Waals surface area contributed by atoms with Crippen LogP contribution in [0.15, 0.2) is 82.8 Å². The van der Waals surface area contributed by atoms with Gasteiger partial charge in [0.05, 0.1) is 11.1 Å². The van der Waals surface area contributed by atoms with E-state index in [1.165, 1.54) is 12.1 Å². The van der Waals surface area contributed by atoms with Crippen molar-refractivity contribution in [2.24, 2.45) is 10.2 Å². The first-order valence-electron chi connectivity index (χ1n) is 9.89. The number of primary sulfonamides is 1. The van der Waals surface area contributed by atoms with Gasteiger partial charge in [0.2, 0.25) is 10.0 Å². The Labute approximate surface area is 186 Å². The number of amides is 1. The van der Waals surface area contributed by atoms with E-state index in [0.717, 1.165) is 33.4 Å². The fourth-order valence-electron chi connectivity index (χ4n) is 3.74. The molecule has 4 rings (SSSR count). The Balaban J connectivity index is 1.56. The number of benzene rings is 3. The quantitative estimate of drug-likeness (QED) is 0.361. The smallest absolute Gasteiger partial charge is 0.271 e. The van der Waals surface area contributed by atoms with Crippen LogP contribution in [0.25, 0.3) is 16.5 Å². The molecule has 0 aliphatic carbocycles. The number of hydrogen-bond donors (Lipinski definition) is 2. The molecule has 0 fully saturated rings. The topological polar surface area (TPSA) is 107 Å². The first-order chi connectivity index (χ1) is 15.3. The highest BCUT2D eigenvalue weighted by Crippen LogP contribution is 2.21. The van der Waals surface area contributed by atoms with Crippen molar-refractivity contribution >= 4 is 32.9 Å². The molecule has 7 nitrogen and oxygen atoms in total. The van der Waals surface area contributed by atoms with Crippen LogP contribution in [-0.4, -0.2) is 25.1 Å². The number of hydrazone groups is 1. The number of nitrogens with one attached hydrogen (secondary N) is 1. The minimum atomic E-state index is -3.74. The van der Waals surface area contributed by atoms with Gasteiger partial charge in [0.15, 0.2) is 0 Å². The zero-order chi connectivity index (χ0) is 22.9. The Morgan fingerprint density at radius 2 is 1.69 bits per heavy atom. The second-order valence-electron chi connectivity index (χ2n) is 7.43. The van der Waals surface area contributed by atoms with Crippen LogP contribution in [-0.2, 0) is 10.0 Å². The average molecular weight is 447 g/mol. The molecule has 4 aromatic rings. The van der Waals surface area contributed by atoms with E-state index in [0.29, 0.717) is 5.56 Å². The highest BCUT2D eigenvalue weighted by Gasteiger charge is 2.12. The predicted octanol–water partition coefficient (Wildman–Crippen LogP) is 3.66. The molecule has 0 atom stereocenters. The van der Waals surface area contributed by atoms with Gasteiger partial charge in [0.1, 0.15) is 0 Å². The Kier molecular flexibility index (Phi) is 5.65. The van der Waals surface area contributed by atoms with Gasteiger partial charge in [-0.3, -0.25) is 4.79 Å². The maximum absolute atomic E-state index is 12.7. The maximum atomic E-state index is 12.7. The molecule has 1 heterocycles. The molecule has 1 amide bonds. The van der Waals surface area contributed by atoms with Crippen molar-refractivity contribution in [2.75, 3.05) is 0 Å². The van der Waals surface area contributed by atoms with Crippen LogP contribution in [0, 0.1) is 13.8 Å². The molecule has 3 aromatic carbocycles. The zero-order valence-electron chi connectivity index (χ0n) is 17.6. The molecule has 0 aliphatic heterocycles. The number of sulfonamides is 1. The van der Waals surface area contributed by atoms with Crippen LogP contribution >= 0.6 is 0 Å². The molecule has 0 bridgehead atoms. The molecule has 0 spiro atoms. The van der Waals surface area contributed by atoms with E-state index >= 15 is 0 Å². The lowest BCUT2D eigenvalue weighted by Gasteiger charge is -2.10. The summed E-state index contributed by atoms with van der Waals surface area (Å²) >= 11 is 0.